The molecule has 32 heavy (non-hydrogen) atoms. The van der Waals surface area contributed by atoms with E-state index in [1.165, 1.54) is 0 Å². The first-order chi connectivity index (χ1) is 14.4. The van der Waals surface area contributed by atoms with Gasteiger partial charge in [0, 0.05) is 0 Å². The van der Waals surface area contributed by atoms with Crippen molar-refractivity contribution in [2.75, 3.05) is 18.2 Å². The van der Waals surface area contributed by atoms with Crippen molar-refractivity contribution in [2.24, 2.45) is 0 Å². The molecule has 6 atom stereocenters. The van der Waals surface area contributed by atoms with E-state index in [2.05, 4.69) is 18.1 Å². The fourth-order valence-electron chi connectivity index (χ4n) is 2.43. The zero-order valence-electron chi connectivity index (χ0n) is 15.2. The van der Waals surface area contributed by atoms with Crippen LogP contribution in [0.1, 0.15) is 6.23 Å². The summed E-state index contributed by atoms with van der Waals surface area (Å²) >= 11 is 5.65. The number of nitrogen functional groups attached to an aromatic ring is 1. The van der Waals surface area contributed by atoms with Crippen LogP contribution in [0.2, 0.25) is 0 Å². The largest absolute Gasteiger partial charge is 0.490 e. The van der Waals surface area contributed by atoms with E-state index in [-0.39, 0.29) is 4.57 Å². The van der Waals surface area contributed by atoms with Crippen LogP contribution in [0.5, 0.6) is 0 Å². The van der Waals surface area contributed by atoms with Gasteiger partial charge >= 0.3 is 29.2 Å². The molecule has 0 amide bonds. The van der Waals surface area contributed by atoms with Gasteiger partial charge in [-0.2, -0.15) is 13.6 Å². The van der Waals surface area contributed by atoms with Crippen molar-refractivity contribution in [1.82, 2.24) is 9.55 Å². The van der Waals surface area contributed by atoms with Crippen LogP contribution in [-0.4, -0.2) is 64.6 Å². The summed E-state index contributed by atoms with van der Waals surface area (Å²) in [7, 11) is -17.2. The van der Waals surface area contributed by atoms with Gasteiger partial charge in [-0.05, 0) is 0 Å². The minimum Gasteiger partial charge on any atom is -0.387 e. The van der Waals surface area contributed by atoms with Gasteiger partial charge in [-0.15, -0.1) is 11.6 Å². The Morgan fingerprint density at radius 2 is 1.84 bits per heavy atom. The summed E-state index contributed by atoms with van der Waals surface area (Å²) in [5, 5.41) is 10.2. The summed E-state index contributed by atoms with van der Waals surface area (Å²) in [5.74, 6) is -2.93. The summed E-state index contributed by atoms with van der Waals surface area (Å²) in [5.41, 5.74) is 1.42. The lowest BCUT2D eigenvalue weighted by molar-refractivity contribution is -0.113. The number of anilines is 1. The summed E-state index contributed by atoms with van der Waals surface area (Å²) in [6.45, 7) is -1.34. The molecule has 0 aliphatic carbocycles. The standard InChI is InChI=1S/C10H15ClF2N3O13P3/c11-2-10(3-26-31(22,23)29-32(24,25)28-30(19,20)21)6(17)5(13)8(27-10)16-1-4(12)7(14)15-9(16)18/h1,5-6,8,17H,2-3H2,(H,22,23)(H,24,25)(H2,14,15,18)(H2,19,20,21)/t5-,6+,8+,10+/m0/s1. The molecule has 1 aliphatic heterocycles. The fraction of sp³-hybridized carbons (Fsp3) is 0.600. The lowest BCUT2D eigenvalue weighted by Crippen LogP contribution is -2.47. The molecular weight excluding hydrogens is 536 g/mol. The molecule has 0 aromatic carbocycles. The van der Waals surface area contributed by atoms with Crippen molar-refractivity contribution in [3.8, 4) is 0 Å². The number of nitrogens with zero attached hydrogens (tertiary/aromatic N) is 2. The van der Waals surface area contributed by atoms with E-state index < -0.39 is 77.4 Å². The van der Waals surface area contributed by atoms with E-state index in [0.29, 0.717) is 6.20 Å². The van der Waals surface area contributed by atoms with E-state index in [4.69, 9.17) is 36.8 Å². The Morgan fingerprint density at radius 1 is 1.25 bits per heavy atom. The van der Waals surface area contributed by atoms with Gasteiger partial charge in [0.2, 0.25) is 0 Å². The second-order valence-corrected chi connectivity index (χ2v) is 10.8. The number of hydrogen-bond acceptors (Lipinski definition) is 11. The summed E-state index contributed by atoms with van der Waals surface area (Å²) in [4.78, 5) is 50.5. The molecule has 0 spiro atoms. The van der Waals surface area contributed by atoms with Crippen LogP contribution in [0, 0.1) is 5.82 Å². The third-order valence-corrected chi connectivity index (χ3v) is 8.03. The van der Waals surface area contributed by atoms with Crippen molar-refractivity contribution >= 4 is 40.9 Å². The van der Waals surface area contributed by atoms with Crippen molar-refractivity contribution in [3.05, 3.63) is 22.5 Å². The van der Waals surface area contributed by atoms with E-state index in [0.717, 1.165) is 0 Å². The number of aliphatic hydroxyl groups excluding tert-OH is 1. The van der Waals surface area contributed by atoms with Gasteiger partial charge in [0.1, 0.15) is 11.7 Å². The van der Waals surface area contributed by atoms with Gasteiger partial charge in [0.05, 0.1) is 18.7 Å². The van der Waals surface area contributed by atoms with Gasteiger partial charge in [-0.25, -0.2) is 27.3 Å². The Morgan fingerprint density at radius 3 is 2.38 bits per heavy atom. The van der Waals surface area contributed by atoms with E-state index >= 15 is 0 Å². The van der Waals surface area contributed by atoms with E-state index in [1.54, 1.807) is 0 Å². The van der Waals surface area contributed by atoms with Crippen LogP contribution in [0.3, 0.4) is 0 Å². The minimum atomic E-state index is -5.85. The lowest BCUT2D eigenvalue weighted by Gasteiger charge is -2.29. The van der Waals surface area contributed by atoms with Crippen LogP contribution >= 0.6 is 35.1 Å². The maximum absolute atomic E-state index is 14.7. The average molecular weight is 552 g/mol. The van der Waals surface area contributed by atoms with Crippen LogP contribution in [0.15, 0.2) is 11.0 Å². The van der Waals surface area contributed by atoms with Crippen LogP contribution in [0.25, 0.3) is 0 Å². The maximum atomic E-state index is 14.7. The fourth-order valence-corrected chi connectivity index (χ4v) is 5.81. The molecule has 1 aromatic heterocycles. The first-order valence-electron chi connectivity index (χ1n) is 7.80. The molecule has 7 N–H and O–H groups in total. The Balaban J connectivity index is 2.24. The van der Waals surface area contributed by atoms with E-state index in [9.17, 15) is 37.3 Å². The van der Waals surface area contributed by atoms with Crippen molar-refractivity contribution in [2.45, 2.75) is 24.1 Å². The molecular formula is C10H15ClF2N3O13P3. The number of phosphoric ester groups is 1. The zero-order valence-corrected chi connectivity index (χ0v) is 18.6. The normalized spacial score (nSPS) is 30.1. The highest BCUT2D eigenvalue weighted by molar-refractivity contribution is 7.66. The highest BCUT2D eigenvalue weighted by Gasteiger charge is 2.57. The number of rotatable bonds is 9. The first kappa shape index (κ1) is 27.4. The highest BCUT2D eigenvalue weighted by Crippen LogP contribution is 2.66. The lowest BCUT2D eigenvalue weighted by atomic mass is 9.99. The summed E-state index contributed by atoms with van der Waals surface area (Å²) in [6, 6.07) is 0. The second kappa shape index (κ2) is 9.43. The molecule has 2 unspecified atom stereocenters. The van der Waals surface area contributed by atoms with Gasteiger partial charge in [0.25, 0.3) is 0 Å². The maximum Gasteiger partial charge on any atom is 0.490 e. The zero-order chi connectivity index (χ0) is 24.7. The van der Waals surface area contributed by atoms with Crippen LogP contribution < -0.4 is 11.4 Å². The number of ether oxygens (including phenoxy) is 1. The highest BCUT2D eigenvalue weighted by atomic mass is 35.5. The van der Waals surface area contributed by atoms with Gasteiger partial charge in [-0.3, -0.25) is 9.09 Å². The predicted octanol–water partition coefficient (Wildman–Crippen LogP) is -0.487. The number of aliphatic hydroxyl groups is 1. The number of aromatic nitrogens is 2. The first-order valence-corrected chi connectivity index (χ1v) is 12.9. The molecule has 0 bridgehead atoms. The van der Waals surface area contributed by atoms with Gasteiger partial charge in [0.15, 0.2) is 24.0 Å². The summed E-state index contributed by atoms with van der Waals surface area (Å²) < 4.78 is 78.9. The monoisotopic (exact) mass is 551 g/mol. The Kier molecular flexibility index (Phi) is 8.07. The van der Waals surface area contributed by atoms with Crippen LogP contribution in [0.4, 0.5) is 14.6 Å². The molecule has 2 heterocycles. The summed E-state index contributed by atoms with van der Waals surface area (Å²) in [6.07, 6.45) is -6.42. The number of halogens is 3. The molecule has 2 rings (SSSR count). The number of nitrogens with two attached hydrogens (primary N) is 1. The van der Waals surface area contributed by atoms with Crippen LogP contribution in [-0.2, 0) is 31.6 Å². The minimum absolute atomic E-state index is 0.276. The molecule has 0 radical (unpaired) electrons. The average Bonchev–Trinajstić information content (AvgIpc) is 2.85. The smallest absolute Gasteiger partial charge is 0.387 e. The number of phosphoric acid groups is 3. The van der Waals surface area contributed by atoms with Gasteiger partial charge in [-0.1, -0.05) is 0 Å². The topological polar surface area (TPSA) is 250 Å². The molecule has 1 aromatic rings. The quantitative estimate of drug-likeness (QED) is 0.167. The third kappa shape index (κ3) is 6.39. The third-order valence-electron chi connectivity index (χ3n) is 3.79. The Labute approximate surface area is 180 Å². The molecule has 184 valence electrons. The van der Waals surface area contributed by atoms with Crippen molar-refractivity contribution < 1.29 is 65.0 Å². The molecule has 1 aliphatic rings. The molecule has 16 nitrogen and oxygen atoms in total. The molecule has 1 saturated heterocycles. The SMILES string of the molecule is Nc1nc(=O)n([C@@H]2O[C@](CCl)(COP(=O)(O)OP(=O)(O)OP(=O)(O)O)[C@H](O)[C@@H]2F)cc1F. The number of hydrogen-bond donors (Lipinski definition) is 6. The molecule has 0 saturated carbocycles. The van der Waals surface area contributed by atoms with Gasteiger partial charge < -0.3 is 35.2 Å². The Hall–Kier alpha value is -0.840. The molecule has 1 fully saturated rings. The van der Waals surface area contributed by atoms with Crippen molar-refractivity contribution in [1.29, 1.82) is 0 Å². The molecule has 22 heteroatoms. The number of alkyl halides is 2. The Bertz CT molecular complexity index is 1070. The predicted molar refractivity (Wildman–Crippen MR) is 97.2 cm³/mol. The second-order valence-electron chi connectivity index (χ2n) is 6.12. The van der Waals surface area contributed by atoms with Crippen molar-refractivity contribution in [3.63, 3.8) is 0 Å². The van der Waals surface area contributed by atoms with E-state index in [1.807, 2.05) is 0 Å².